The normalized spacial score (nSPS) is 14.5. The fourth-order valence-electron chi connectivity index (χ4n) is 4.82. The van der Waals surface area contributed by atoms with Gasteiger partial charge in [-0.25, -0.2) is 4.79 Å². The van der Waals surface area contributed by atoms with Gasteiger partial charge in [-0.15, -0.1) is 11.3 Å². The van der Waals surface area contributed by atoms with Gasteiger partial charge in [0.2, 0.25) is 12.1 Å². The van der Waals surface area contributed by atoms with Crippen LogP contribution in [0.1, 0.15) is 11.4 Å². The molecule has 3 aromatic carbocycles. The highest BCUT2D eigenvalue weighted by atomic mass is 32.2. The van der Waals surface area contributed by atoms with E-state index < -0.39 is 16.1 Å². The van der Waals surface area contributed by atoms with Crippen LogP contribution in [-0.2, 0) is 21.5 Å². The second-order valence-electron chi connectivity index (χ2n) is 9.09. The summed E-state index contributed by atoms with van der Waals surface area (Å²) in [7, 11) is -4.09. The molecule has 39 heavy (non-hydrogen) atoms. The van der Waals surface area contributed by atoms with Crippen molar-refractivity contribution in [2.75, 3.05) is 17.2 Å². The van der Waals surface area contributed by atoms with Crippen molar-refractivity contribution in [1.29, 1.82) is 0 Å². The lowest BCUT2D eigenvalue weighted by Gasteiger charge is -2.20. The van der Waals surface area contributed by atoms with Crippen molar-refractivity contribution in [3.8, 4) is 10.4 Å². The van der Waals surface area contributed by atoms with Gasteiger partial charge in [-0.2, -0.15) is 13.0 Å². The lowest BCUT2D eigenvalue weighted by molar-refractivity contribution is -0.656. The Labute approximate surface area is 237 Å². The van der Waals surface area contributed by atoms with E-state index in [1.54, 1.807) is 23.1 Å². The van der Waals surface area contributed by atoms with Gasteiger partial charge in [0.1, 0.15) is 4.70 Å². The molecule has 11 heteroatoms. The average Bonchev–Trinajstić information content (AvgIpc) is 3.62. The molecule has 0 radical (unpaired) electrons. The molecule has 0 spiro atoms. The number of nitrogens with zero attached hydrogens (tertiary/aromatic N) is 2. The van der Waals surface area contributed by atoms with E-state index in [0.717, 1.165) is 52.0 Å². The van der Waals surface area contributed by atoms with Gasteiger partial charge in [0.15, 0.2) is 0 Å². The smallest absolute Gasteiger partial charge is 0.370 e. The number of carboxylic acids is 1. The number of thiazole rings is 1. The third kappa shape index (κ3) is 5.32. The van der Waals surface area contributed by atoms with Crippen molar-refractivity contribution in [2.45, 2.75) is 17.9 Å². The highest BCUT2D eigenvalue weighted by Gasteiger charge is 2.30. The number of hydrogen-bond acceptors (Lipinski definition) is 7. The summed E-state index contributed by atoms with van der Waals surface area (Å²) in [5.74, 6) is -1.27. The third-order valence-electron chi connectivity index (χ3n) is 6.47. The number of carbonyl (C=O) groups is 1. The van der Waals surface area contributed by atoms with E-state index >= 15 is 0 Å². The Morgan fingerprint density at radius 1 is 1.05 bits per heavy atom. The average molecular weight is 596 g/mol. The molecule has 0 saturated carbocycles. The van der Waals surface area contributed by atoms with Crippen LogP contribution in [-0.4, -0.2) is 36.3 Å². The van der Waals surface area contributed by atoms with E-state index in [1.807, 2.05) is 58.5 Å². The largest absolute Gasteiger partial charge is 0.477 e. The molecule has 0 fully saturated rings. The summed E-state index contributed by atoms with van der Waals surface area (Å²) in [6.07, 6.45) is 2.23. The molecule has 0 aliphatic carbocycles. The maximum absolute atomic E-state index is 11.9. The van der Waals surface area contributed by atoms with Crippen molar-refractivity contribution in [3.05, 3.63) is 82.1 Å². The molecule has 0 bridgehead atoms. The van der Waals surface area contributed by atoms with Crippen LogP contribution in [0.4, 0.5) is 5.69 Å². The SMILES string of the molecule is O=C(O)C[n+]1c(C=C2Sc3ccc(-c4cccs4)cc3N2CCCS(=O)(=O)O)sc2ccc3ccccc3c21. The molecule has 198 valence electrons. The Bertz CT molecular complexity index is 1860. The van der Waals surface area contributed by atoms with Crippen LogP contribution in [0.15, 0.2) is 82.0 Å². The maximum atomic E-state index is 11.9. The Hall–Kier alpha value is -3.22. The summed E-state index contributed by atoms with van der Waals surface area (Å²) in [5, 5.41) is 15.5. The van der Waals surface area contributed by atoms with Gasteiger partial charge in [0.05, 0.1) is 27.9 Å². The quantitative estimate of drug-likeness (QED) is 0.159. The summed E-state index contributed by atoms with van der Waals surface area (Å²) < 4.78 is 35.0. The predicted molar refractivity (Wildman–Crippen MR) is 159 cm³/mol. The number of carboxylic acid groups (broad SMARTS) is 1. The van der Waals surface area contributed by atoms with E-state index in [4.69, 9.17) is 0 Å². The number of thiophene rings is 1. The summed E-state index contributed by atoms with van der Waals surface area (Å²) in [5.41, 5.74) is 2.91. The van der Waals surface area contributed by atoms with Gasteiger partial charge < -0.3 is 10.0 Å². The minimum Gasteiger partial charge on any atom is -0.477 e. The molecule has 2 N–H and O–H groups in total. The zero-order chi connectivity index (χ0) is 27.1. The van der Waals surface area contributed by atoms with Gasteiger partial charge in [-0.1, -0.05) is 59.5 Å². The van der Waals surface area contributed by atoms with E-state index in [0.29, 0.717) is 6.54 Å². The number of fused-ring (bicyclic) bond motifs is 4. The van der Waals surface area contributed by atoms with E-state index in [9.17, 15) is 22.9 Å². The first-order chi connectivity index (χ1) is 18.8. The molecular weight excluding hydrogens is 573 g/mol. The number of thioether (sulfide) groups is 1. The van der Waals surface area contributed by atoms with Crippen LogP contribution in [0.2, 0.25) is 0 Å². The molecule has 7 nitrogen and oxygen atoms in total. The van der Waals surface area contributed by atoms with Gasteiger partial charge in [-0.05, 0) is 53.1 Å². The van der Waals surface area contributed by atoms with Crippen LogP contribution in [0, 0.1) is 0 Å². The topological polar surface area (TPSA) is 98.8 Å². The van der Waals surface area contributed by atoms with Crippen LogP contribution in [0.25, 0.3) is 37.5 Å². The maximum Gasteiger partial charge on any atom is 0.370 e. The minimum atomic E-state index is -4.09. The second kappa shape index (κ2) is 10.4. The summed E-state index contributed by atoms with van der Waals surface area (Å²) in [6, 6.07) is 22.3. The van der Waals surface area contributed by atoms with E-state index in [1.165, 1.54) is 11.3 Å². The van der Waals surface area contributed by atoms with Crippen molar-refractivity contribution >= 4 is 83.3 Å². The first kappa shape index (κ1) is 26.0. The third-order valence-corrected chi connectivity index (χ3v) is 10.4. The number of hydrogen-bond donors (Lipinski definition) is 2. The highest BCUT2D eigenvalue weighted by molar-refractivity contribution is 8.03. The van der Waals surface area contributed by atoms with Gasteiger partial charge in [0.25, 0.3) is 15.1 Å². The number of aliphatic carboxylic acids is 1. The summed E-state index contributed by atoms with van der Waals surface area (Å²) in [6.45, 7) is 0.197. The fraction of sp³-hybridized carbons (Fsp3) is 0.143. The van der Waals surface area contributed by atoms with Gasteiger partial charge in [0, 0.05) is 16.3 Å². The summed E-state index contributed by atoms with van der Waals surface area (Å²) >= 11 is 4.74. The molecular formula is C28H23N2O5S4+. The lowest BCUT2D eigenvalue weighted by atomic mass is 10.1. The van der Waals surface area contributed by atoms with E-state index in [2.05, 4.69) is 29.2 Å². The number of benzene rings is 3. The first-order valence-corrected chi connectivity index (χ1v) is 16.2. The lowest BCUT2D eigenvalue weighted by Crippen LogP contribution is -2.39. The fourth-order valence-corrected chi connectivity index (χ4v) is 8.33. The van der Waals surface area contributed by atoms with Crippen molar-refractivity contribution < 1.29 is 27.4 Å². The first-order valence-electron chi connectivity index (χ1n) is 12.1. The Kier molecular flexibility index (Phi) is 6.94. The highest BCUT2D eigenvalue weighted by Crippen LogP contribution is 2.48. The number of aromatic nitrogens is 1. The Balaban J connectivity index is 1.47. The standard InChI is InChI=1S/C28H22N2O5S4/c31-27(32)17-30-26(38-24-11-8-18-5-1-2-6-20(18)28(24)30)16-25-29(12-4-14-39(33,34)35)21-15-19(9-10-23(21)37-25)22-7-3-13-36-22/h1-3,5-11,13,15-16H,4,12,14,17H2,(H-,31,32,33,34,35)/p+1. The van der Waals surface area contributed by atoms with Crippen LogP contribution in [0.3, 0.4) is 0 Å². The molecule has 0 atom stereocenters. The minimum absolute atomic E-state index is 0.185. The van der Waals surface area contributed by atoms with Crippen LogP contribution < -0.4 is 9.47 Å². The monoisotopic (exact) mass is 595 g/mol. The van der Waals surface area contributed by atoms with Crippen LogP contribution >= 0.6 is 34.4 Å². The molecule has 0 saturated heterocycles. The Morgan fingerprint density at radius 3 is 2.67 bits per heavy atom. The van der Waals surface area contributed by atoms with Crippen molar-refractivity contribution in [2.24, 2.45) is 0 Å². The molecule has 6 rings (SSSR count). The molecule has 5 aromatic rings. The summed E-state index contributed by atoms with van der Waals surface area (Å²) in [4.78, 5) is 16.2. The molecule has 1 aliphatic heterocycles. The second-order valence-corrected chi connectivity index (χ2v) is 13.7. The molecule has 2 aromatic heterocycles. The van der Waals surface area contributed by atoms with Crippen molar-refractivity contribution in [3.63, 3.8) is 0 Å². The zero-order valence-corrected chi connectivity index (χ0v) is 23.7. The number of anilines is 1. The molecule has 0 unspecified atom stereocenters. The van der Waals surface area contributed by atoms with Gasteiger partial charge >= 0.3 is 5.97 Å². The predicted octanol–water partition coefficient (Wildman–Crippen LogP) is 6.34. The zero-order valence-electron chi connectivity index (χ0n) is 20.5. The van der Waals surface area contributed by atoms with E-state index in [-0.39, 0.29) is 18.7 Å². The molecule has 1 aliphatic rings. The molecule has 0 amide bonds. The van der Waals surface area contributed by atoms with Crippen molar-refractivity contribution in [1.82, 2.24) is 0 Å². The molecule has 3 heterocycles. The van der Waals surface area contributed by atoms with Gasteiger partial charge in [-0.3, -0.25) is 4.55 Å². The van der Waals surface area contributed by atoms with Crippen LogP contribution in [0.5, 0.6) is 0 Å². The Morgan fingerprint density at radius 2 is 1.90 bits per heavy atom. The number of rotatable bonds is 8.